The number of pyridine rings is 1. The Kier molecular flexibility index (Phi) is 3.02. The number of carbonyl (C=O) groups excluding carboxylic acids is 1. The topological polar surface area (TPSA) is 85.2 Å². The Bertz CT molecular complexity index is 669. The smallest absolute Gasteiger partial charge is 0.267 e. The summed E-state index contributed by atoms with van der Waals surface area (Å²) in [5.41, 5.74) is 14.8. The van der Waals surface area contributed by atoms with Gasteiger partial charge in [-0.1, -0.05) is 18.2 Å². The second kappa shape index (κ2) is 4.85. The Morgan fingerprint density at radius 3 is 2.80 bits per heavy atom. The van der Waals surface area contributed by atoms with E-state index in [-0.39, 0.29) is 0 Å². The first kappa shape index (κ1) is 12.5. The van der Waals surface area contributed by atoms with Crippen molar-refractivity contribution in [2.75, 3.05) is 17.2 Å². The second-order valence-corrected chi connectivity index (χ2v) is 4.90. The largest absolute Gasteiger partial charge is 0.398 e. The number of rotatable bonds is 2. The number of nitrogens with zero attached hydrogens (tertiary/aromatic N) is 2. The Hall–Kier alpha value is -2.56. The molecule has 0 spiro atoms. The molecule has 0 atom stereocenters. The zero-order chi connectivity index (χ0) is 14.1. The van der Waals surface area contributed by atoms with E-state index in [0.717, 1.165) is 31.0 Å². The lowest BCUT2D eigenvalue weighted by Gasteiger charge is -2.30. The Morgan fingerprint density at radius 1 is 1.20 bits per heavy atom. The fourth-order valence-corrected chi connectivity index (χ4v) is 2.57. The van der Waals surface area contributed by atoms with E-state index in [4.69, 9.17) is 11.5 Å². The highest BCUT2D eigenvalue weighted by Crippen LogP contribution is 2.26. The van der Waals surface area contributed by atoms with Crippen molar-refractivity contribution in [1.29, 1.82) is 0 Å². The third kappa shape index (κ3) is 2.18. The third-order valence-electron chi connectivity index (χ3n) is 3.61. The molecule has 0 fully saturated rings. The normalized spacial score (nSPS) is 13.9. The first-order valence-corrected chi connectivity index (χ1v) is 6.53. The lowest BCUT2D eigenvalue weighted by atomic mass is 9.98. The van der Waals surface area contributed by atoms with Gasteiger partial charge in [-0.15, -0.1) is 0 Å². The summed E-state index contributed by atoms with van der Waals surface area (Å²) in [5, 5.41) is 0. The zero-order valence-electron chi connectivity index (χ0n) is 11.0. The summed E-state index contributed by atoms with van der Waals surface area (Å²) in [6.07, 6.45) is 0.879. The van der Waals surface area contributed by atoms with E-state index < -0.39 is 5.91 Å². The molecule has 1 aliphatic rings. The van der Waals surface area contributed by atoms with Crippen LogP contribution in [-0.4, -0.2) is 17.4 Å². The molecule has 0 bridgehead atoms. The van der Waals surface area contributed by atoms with Gasteiger partial charge in [-0.25, -0.2) is 4.98 Å². The minimum atomic E-state index is -0.506. The van der Waals surface area contributed by atoms with Crippen molar-refractivity contribution in [2.45, 2.75) is 13.0 Å². The van der Waals surface area contributed by atoms with Crippen LogP contribution in [0.2, 0.25) is 0 Å². The van der Waals surface area contributed by atoms with Crippen molar-refractivity contribution in [2.24, 2.45) is 5.73 Å². The Labute approximate surface area is 117 Å². The summed E-state index contributed by atoms with van der Waals surface area (Å²) in [7, 11) is 0. The first-order chi connectivity index (χ1) is 9.65. The van der Waals surface area contributed by atoms with Crippen LogP contribution in [0, 0.1) is 0 Å². The first-order valence-electron chi connectivity index (χ1n) is 6.53. The zero-order valence-corrected chi connectivity index (χ0v) is 11.0. The van der Waals surface area contributed by atoms with Crippen molar-refractivity contribution in [3.8, 4) is 0 Å². The molecule has 0 saturated carbocycles. The van der Waals surface area contributed by atoms with Gasteiger partial charge in [-0.05, 0) is 35.7 Å². The summed E-state index contributed by atoms with van der Waals surface area (Å²) in [4.78, 5) is 17.6. The van der Waals surface area contributed by atoms with Crippen molar-refractivity contribution in [1.82, 2.24) is 4.98 Å². The molecular formula is C15H16N4O. The van der Waals surface area contributed by atoms with Gasteiger partial charge in [-0.2, -0.15) is 0 Å². The number of aromatic nitrogens is 1. The fraction of sp³-hybridized carbons (Fsp3) is 0.200. The van der Waals surface area contributed by atoms with Gasteiger partial charge < -0.3 is 16.4 Å². The van der Waals surface area contributed by atoms with Gasteiger partial charge in [0, 0.05) is 18.8 Å². The van der Waals surface area contributed by atoms with Crippen LogP contribution >= 0.6 is 0 Å². The lowest BCUT2D eigenvalue weighted by molar-refractivity contribution is 0.0995. The SMILES string of the molecule is NC(=O)c1cccc(N2CCc3c(N)cccc3C2)n1. The maximum absolute atomic E-state index is 11.2. The molecule has 20 heavy (non-hydrogen) atoms. The predicted octanol–water partition coefficient (Wildman–Crippen LogP) is 1.33. The molecular weight excluding hydrogens is 252 g/mol. The molecule has 0 radical (unpaired) electrons. The molecule has 1 aromatic heterocycles. The number of amides is 1. The van der Waals surface area contributed by atoms with Crippen LogP contribution in [0.5, 0.6) is 0 Å². The van der Waals surface area contributed by atoms with Gasteiger partial charge in [0.2, 0.25) is 0 Å². The molecule has 2 aromatic rings. The summed E-state index contributed by atoms with van der Waals surface area (Å²) < 4.78 is 0. The van der Waals surface area contributed by atoms with Crippen LogP contribution in [0.25, 0.3) is 0 Å². The van der Waals surface area contributed by atoms with Crippen LogP contribution in [0.3, 0.4) is 0 Å². The van der Waals surface area contributed by atoms with Gasteiger partial charge in [-0.3, -0.25) is 4.79 Å². The summed E-state index contributed by atoms with van der Waals surface area (Å²) >= 11 is 0. The van der Waals surface area contributed by atoms with E-state index in [1.165, 1.54) is 11.1 Å². The van der Waals surface area contributed by atoms with E-state index in [2.05, 4.69) is 16.0 Å². The van der Waals surface area contributed by atoms with E-state index in [9.17, 15) is 4.79 Å². The monoisotopic (exact) mass is 268 g/mol. The molecule has 2 heterocycles. The van der Waals surface area contributed by atoms with Gasteiger partial charge in [0.15, 0.2) is 0 Å². The average molecular weight is 268 g/mol. The molecule has 0 aliphatic carbocycles. The molecule has 1 aliphatic heterocycles. The van der Waals surface area contributed by atoms with Gasteiger partial charge >= 0.3 is 0 Å². The number of hydrogen-bond acceptors (Lipinski definition) is 4. The highest BCUT2D eigenvalue weighted by Gasteiger charge is 2.19. The van der Waals surface area contributed by atoms with Crippen LogP contribution in [-0.2, 0) is 13.0 Å². The summed E-state index contributed by atoms with van der Waals surface area (Å²) in [5.74, 6) is 0.267. The summed E-state index contributed by atoms with van der Waals surface area (Å²) in [6, 6.07) is 11.3. The highest BCUT2D eigenvalue weighted by molar-refractivity contribution is 5.91. The van der Waals surface area contributed by atoms with E-state index in [1.54, 1.807) is 12.1 Å². The number of fused-ring (bicyclic) bond motifs is 1. The number of benzene rings is 1. The predicted molar refractivity (Wildman–Crippen MR) is 78.4 cm³/mol. The molecule has 1 aromatic carbocycles. The molecule has 3 rings (SSSR count). The summed E-state index contributed by atoms with van der Waals surface area (Å²) in [6.45, 7) is 1.58. The van der Waals surface area contributed by atoms with Crippen molar-refractivity contribution in [3.63, 3.8) is 0 Å². The number of primary amides is 1. The van der Waals surface area contributed by atoms with Crippen molar-refractivity contribution >= 4 is 17.4 Å². The van der Waals surface area contributed by atoms with Gasteiger partial charge in [0.05, 0.1) is 0 Å². The molecule has 4 N–H and O–H groups in total. The van der Waals surface area contributed by atoms with Crippen LogP contribution < -0.4 is 16.4 Å². The fourth-order valence-electron chi connectivity index (χ4n) is 2.57. The second-order valence-electron chi connectivity index (χ2n) is 4.90. The minimum Gasteiger partial charge on any atom is -0.398 e. The van der Waals surface area contributed by atoms with Crippen LogP contribution in [0.1, 0.15) is 21.6 Å². The molecule has 1 amide bonds. The molecule has 5 nitrogen and oxygen atoms in total. The maximum Gasteiger partial charge on any atom is 0.267 e. The van der Waals surface area contributed by atoms with Gasteiger partial charge in [0.25, 0.3) is 5.91 Å². The van der Waals surface area contributed by atoms with Crippen LogP contribution in [0.15, 0.2) is 36.4 Å². The number of nitrogens with two attached hydrogens (primary N) is 2. The molecule has 0 unspecified atom stereocenters. The maximum atomic E-state index is 11.2. The van der Waals surface area contributed by atoms with E-state index >= 15 is 0 Å². The third-order valence-corrected chi connectivity index (χ3v) is 3.61. The van der Waals surface area contributed by atoms with Crippen molar-refractivity contribution in [3.05, 3.63) is 53.2 Å². The quantitative estimate of drug-likeness (QED) is 0.804. The number of nitrogen functional groups attached to an aromatic ring is 1. The Morgan fingerprint density at radius 2 is 2.00 bits per heavy atom. The Balaban J connectivity index is 1.90. The number of carbonyl (C=O) groups is 1. The minimum absolute atomic E-state index is 0.292. The van der Waals surface area contributed by atoms with E-state index in [1.807, 2.05) is 18.2 Å². The van der Waals surface area contributed by atoms with Crippen LogP contribution in [0.4, 0.5) is 11.5 Å². The highest BCUT2D eigenvalue weighted by atomic mass is 16.1. The van der Waals surface area contributed by atoms with E-state index in [0.29, 0.717) is 5.69 Å². The number of hydrogen-bond donors (Lipinski definition) is 2. The lowest BCUT2D eigenvalue weighted by Crippen LogP contribution is -2.32. The van der Waals surface area contributed by atoms with Gasteiger partial charge in [0.1, 0.15) is 11.5 Å². The van der Waals surface area contributed by atoms with Crippen molar-refractivity contribution < 1.29 is 4.79 Å². The average Bonchev–Trinajstić information content (AvgIpc) is 2.47. The molecule has 102 valence electrons. The molecule has 5 heteroatoms. The molecule has 0 saturated heterocycles. The number of anilines is 2. The standard InChI is InChI=1S/C15H16N4O/c16-12-4-1-3-10-9-19(8-7-11(10)12)14-6-2-5-13(18-14)15(17)20/h1-6H,7-9,16H2,(H2,17,20).